The minimum absolute atomic E-state index is 0.111. The van der Waals surface area contributed by atoms with Crippen molar-refractivity contribution >= 4 is 16.7 Å². The summed E-state index contributed by atoms with van der Waals surface area (Å²) in [5, 5.41) is 3.60. The zero-order valence-corrected chi connectivity index (χ0v) is 20.4. The van der Waals surface area contributed by atoms with Crippen LogP contribution in [-0.4, -0.2) is 61.4 Å². The predicted molar refractivity (Wildman–Crippen MR) is 127 cm³/mol. The highest BCUT2D eigenvalue weighted by Gasteiger charge is 2.35. The molecule has 1 fully saturated rings. The van der Waals surface area contributed by atoms with Gasteiger partial charge in [0.1, 0.15) is 30.2 Å². The lowest BCUT2D eigenvalue weighted by Gasteiger charge is -2.30. The third-order valence-electron chi connectivity index (χ3n) is 6.01. The van der Waals surface area contributed by atoms with Crippen LogP contribution < -0.4 is 14.8 Å². The van der Waals surface area contributed by atoms with E-state index in [-0.39, 0.29) is 11.7 Å². The Morgan fingerprint density at radius 1 is 1.22 bits per heavy atom. The molecule has 3 aromatic rings. The molecule has 0 aliphatic carbocycles. The molecule has 7 nitrogen and oxygen atoms in total. The number of halogens is 4. The number of ether oxygens (including phenoxy) is 3. The highest BCUT2D eigenvalue weighted by atomic mass is 19.4. The van der Waals surface area contributed by atoms with Gasteiger partial charge in [0.2, 0.25) is 0 Å². The van der Waals surface area contributed by atoms with Gasteiger partial charge in [-0.15, -0.1) is 0 Å². The molecule has 0 spiro atoms. The second-order valence-corrected chi connectivity index (χ2v) is 8.78. The van der Waals surface area contributed by atoms with Gasteiger partial charge < -0.3 is 24.4 Å². The van der Waals surface area contributed by atoms with Gasteiger partial charge in [0.15, 0.2) is 11.5 Å². The molecular formula is C25H28F4N4O3. The van der Waals surface area contributed by atoms with E-state index in [9.17, 15) is 17.6 Å². The third kappa shape index (κ3) is 5.62. The lowest BCUT2D eigenvalue weighted by molar-refractivity contribution is -0.140. The van der Waals surface area contributed by atoms with E-state index in [1.807, 2.05) is 7.05 Å². The van der Waals surface area contributed by atoms with Crippen molar-refractivity contribution in [1.29, 1.82) is 0 Å². The fraction of sp³-hybridized carbons (Fsp3) is 0.440. The molecule has 11 heteroatoms. The van der Waals surface area contributed by atoms with Crippen molar-refractivity contribution in [1.82, 2.24) is 14.9 Å². The zero-order chi connectivity index (χ0) is 26.0. The number of anilines is 1. The normalized spacial score (nSPS) is 17.7. The first-order valence-electron chi connectivity index (χ1n) is 11.5. The Bertz CT molecular complexity index is 1240. The highest BCUT2D eigenvalue weighted by Crippen LogP contribution is 2.37. The summed E-state index contributed by atoms with van der Waals surface area (Å²) in [5.74, 6) is 0.352. The SMILES string of the molecule is COc1cc2nc(C)nc(N[C@H](C)c3cccc(C(F)(F)F)c3F)c2cc1OC[C@@H]1CN(C)CCO1. The molecule has 1 aromatic heterocycles. The lowest BCUT2D eigenvalue weighted by atomic mass is 10.0. The summed E-state index contributed by atoms with van der Waals surface area (Å²) in [6, 6.07) is 5.81. The molecule has 0 bridgehead atoms. The van der Waals surface area contributed by atoms with E-state index < -0.39 is 23.6 Å². The molecule has 2 atom stereocenters. The van der Waals surface area contributed by atoms with Crippen LogP contribution in [0.25, 0.3) is 10.9 Å². The van der Waals surface area contributed by atoms with Crippen molar-refractivity contribution in [2.45, 2.75) is 32.2 Å². The number of aryl methyl sites for hydroxylation is 1. The van der Waals surface area contributed by atoms with Crippen LogP contribution in [0.5, 0.6) is 11.5 Å². The number of methoxy groups -OCH3 is 1. The Balaban J connectivity index is 1.65. The number of benzene rings is 2. The van der Waals surface area contributed by atoms with Gasteiger partial charge >= 0.3 is 6.18 Å². The van der Waals surface area contributed by atoms with Crippen molar-refractivity contribution in [2.24, 2.45) is 0 Å². The number of nitrogens with zero attached hydrogens (tertiary/aromatic N) is 3. The molecule has 36 heavy (non-hydrogen) atoms. The fourth-order valence-corrected chi connectivity index (χ4v) is 4.17. The summed E-state index contributed by atoms with van der Waals surface area (Å²) in [7, 11) is 3.53. The molecule has 0 unspecified atom stereocenters. The van der Waals surface area contributed by atoms with E-state index in [0.29, 0.717) is 47.3 Å². The van der Waals surface area contributed by atoms with E-state index in [1.54, 1.807) is 26.0 Å². The molecule has 1 aliphatic heterocycles. The number of morpholine rings is 1. The van der Waals surface area contributed by atoms with Gasteiger partial charge in [0.05, 0.1) is 30.8 Å². The zero-order valence-electron chi connectivity index (χ0n) is 20.4. The molecule has 2 heterocycles. The van der Waals surface area contributed by atoms with Gasteiger partial charge in [-0.2, -0.15) is 13.2 Å². The van der Waals surface area contributed by atoms with Crippen LogP contribution in [0.15, 0.2) is 30.3 Å². The Morgan fingerprint density at radius 3 is 2.69 bits per heavy atom. The number of fused-ring (bicyclic) bond motifs is 1. The maximum atomic E-state index is 14.7. The first-order valence-corrected chi connectivity index (χ1v) is 11.5. The molecule has 0 saturated carbocycles. The summed E-state index contributed by atoms with van der Waals surface area (Å²) >= 11 is 0. The Labute approximate surface area is 206 Å². The van der Waals surface area contributed by atoms with Gasteiger partial charge in [0.25, 0.3) is 0 Å². The molecule has 1 saturated heterocycles. The molecule has 1 N–H and O–H groups in total. The molecule has 0 amide bonds. The van der Waals surface area contributed by atoms with Crippen LogP contribution in [0.2, 0.25) is 0 Å². The van der Waals surface area contributed by atoms with Crippen LogP contribution in [0, 0.1) is 12.7 Å². The largest absolute Gasteiger partial charge is 0.493 e. The van der Waals surface area contributed by atoms with Crippen LogP contribution in [-0.2, 0) is 10.9 Å². The smallest absolute Gasteiger partial charge is 0.419 e. The quantitative estimate of drug-likeness (QED) is 0.451. The Hall–Kier alpha value is -3.18. The molecule has 194 valence electrons. The van der Waals surface area contributed by atoms with Crippen molar-refractivity contribution in [3.63, 3.8) is 0 Å². The summed E-state index contributed by atoms with van der Waals surface area (Å²) in [6.45, 7) is 5.75. The number of hydrogen-bond acceptors (Lipinski definition) is 7. The molecule has 1 aliphatic rings. The van der Waals surface area contributed by atoms with E-state index in [2.05, 4.69) is 20.2 Å². The summed E-state index contributed by atoms with van der Waals surface area (Å²) in [6.07, 6.45) is -4.91. The van der Waals surface area contributed by atoms with Crippen molar-refractivity contribution < 1.29 is 31.8 Å². The fourth-order valence-electron chi connectivity index (χ4n) is 4.17. The maximum absolute atomic E-state index is 14.7. The number of rotatable bonds is 7. The van der Waals surface area contributed by atoms with E-state index in [1.165, 1.54) is 19.2 Å². The average molecular weight is 509 g/mol. The number of hydrogen-bond donors (Lipinski definition) is 1. The second-order valence-electron chi connectivity index (χ2n) is 8.78. The van der Waals surface area contributed by atoms with Gasteiger partial charge in [-0.1, -0.05) is 12.1 Å². The second kappa shape index (κ2) is 10.4. The Morgan fingerprint density at radius 2 is 2.00 bits per heavy atom. The van der Waals surface area contributed by atoms with Gasteiger partial charge in [0, 0.05) is 30.1 Å². The van der Waals surface area contributed by atoms with E-state index in [4.69, 9.17) is 14.2 Å². The minimum Gasteiger partial charge on any atom is -0.493 e. The third-order valence-corrected chi connectivity index (χ3v) is 6.01. The van der Waals surface area contributed by atoms with Gasteiger partial charge in [-0.05, 0) is 33.0 Å². The number of alkyl halides is 3. The van der Waals surface area contributed by atoms with E-state index >= 15 is 0 Å². The van der Waals surface area contributed by atoms with Crippen LogP contribution in [0.3, 0.4) is 0 Å². The van der Waals surface area contributed by atoms with Crippen molar-refractivity contribution in [2.75, 3.05) is 45.8 Å². The number of nitrogens with one attached hydrogen (secondary N) is 1. The van der Waals surface area contributed by atoms with Crippen molar-refractivity contribution in [3.05, 3.63) is 53.1 Å². The first kappa shape index (κ1) is 25.9. The summed E-state index contributed by atoms with van der Waals surface area (Å²) < 4.78 is 71.6. The van der Waals surface area contributed by atoms with Gasteiger partial charge in [-0.25, -0.2) is 14.4 Å². The highest BCUT2D eigenvalue weighted by molar-refractivity contribution is 5.92. The summed E-state index contributed by atoms with van der Waals surface area (Å²) in [5.41, 5.74) is -0.897. The molecular weight excluding hydrogens is 480 g/mol. The lowest BCUT2D eigenvalue weighted by Crippen LogP contribution is -2.42. The van der Waals surface area contributed by atoms with Crippen LogP contribution in [0.4, 0.5) is 23.4 Å². The first-order chi connectivity index (χ1) is 17.1. The topological polar surface area (TPSA) is 68.7 Å². The monoisotopic (exact) mass is 508 g/mol. The standard InChI is InChI=1S/C25H28F4N4O3/c1-14(17-6-5-7-19(23(17)26)25(27,28)29)30-24-18-10-22(36-13-16-12-33(3)8-9-35-16)21(34-4)11-20(18)31-15(2)32-24/h5-7,10-11,14,16H,8-9,12-13H2,1-4H3,(H,30,31,32)/t14-,16+/m1/s1. The van der Waals surface area contributed by atoms with E-state index in [0.717, 1.165) is 19.2 Å². The maximum Gasteiger partial charge on any atom is 0.419 e. The van der Waals surface area contributed by atoms with Crippen LogP contribution >= 0.6 is 0 Å². The number of aromatic nitrogens is 2. The number of likely N-dealkylation sites (N-methyl/N-ethyl adjacent to an activating group) is 1. The molecule has 2 aromatic carbocycles. The average Bonchev–Trinajstić information content (AvgIpc) is 2.81. The molecule has 4 rings (SSSR count). The van der Waals surface area contributed by atoms with Gasteiger partial charge in [-0.3, -0.25) is 0 Å². The molecule has 0 radical (unpaired) electrons. The Kier molecular flexibility index (Phi) is 7.51. The van der Waals surface area contributed by atoms with Crippen molar-refractivity contribution in [3.8, 4) is 11.5 Å². The van der Waals surface area contributed by atoms with Crippen LogP contribution in [0.1, 0.15) is 29.9 Å². The predicted octanol–water partition coefficient (Wildman–Crippen LogP) is 4.99. The minimum atomic E-state index is -4.79. The summed E-state index contributed by atoms with van der Waals surface area (Å²) in [4.78, 5) is 11.0.